The summed E-state index contributed by atoms with van der Waals surface area (Å²) in [7, 11) is 0. The van der Waals surface area contributed by atoms with Crippen LogP contribution in [0.3, 0.4) is 0 Å². The molecule has 3 aliphatic heterocycles. The first-order chi connectivity index (χ1) is 9.76. The van der Waals surface area contributed by atoms with Gasteiger partial charge < -0.3 is 11.1 Å². The lowest BCUT2D eigenvalue weighted by atomic mass is 9.94. The van der Waals surface area contributed by atoms with Gasteiger partial charge in [-0.3, -0.25) is 9.80 Å². The highest BCUT2D eigenvalue weighted by atomic mass is 15.4. The van der Waals surface area contributed by atoms with Crippen molar-refractivity contribution in [2.24, 2.45) is 0 Å². The third kappa shape index (κ3) is 2.95. The van der Waals surface area contributed by atoms with Gasteiger partial charge in [0.2, 0.25) is 0 Å². The Morgan fingerprint density at radius 1 is 1.40 bits per heavy atom. The van der Waals surface area contributed by atoms with Crippen molar-refractivity contribution in [3.8, 4) is 0 Å². The van der Waals surface area contributed by atoms with Gasteiger partial charge in [0.25, 0.3) is 0 Å². The number of aromatic nitrogens is 1. The second kappa shape index (κ2) is 6.08. The van der Waals surface area contributed by atoms with Crippen LogP contribution in [-0.2, 0) is 6.42 Å². The fraction of sp³-hybridized carbons (Fsp3) is 0.667. The minimum atomic E-state index is 0.491. The molecule has 3 fully saturated rings. The number of nitrogens with two attached hydrogens (primary N) is 1. The lowest BCUT2D eigenvalue weighted by Gasteiger charge is -2.50. The van der Waals surface area contributed by atoms with E-state index < -0.39 is 0 Å². The van der Waals surface area contributed by atoms with Crippen molar-refractivity contribution in [2.75, 3.05) is 45.0 Å². The van der Waals surface area contributed by atoms with Crippen LogP contribution in [-0.4, -0.2) is 66.1 Å². The molecule has 2 bridgehead atoms. The summed E-state index contributed by atoms with van der Waals surface area (Å²) in [5.74, 6) is 0.618. The SMILES string of the molecule is CCNC(Cc1ccnc(N)c1)C1CN2CCN1CC2. The second-order valence-electron chi connectivity index (χ2n) is 5.86. The number of hydrogen-bond donors (Lipinski definition) is 2. The van der Waals surface area contributed by atoms with Crippen molar-refractivity contribution in [1.29, 1.82) is 0 Å². The summed E-state index contributed by atoms with van der Waals surface area (Å²) in [6, 6.07) is 5.19. The minimum Gasteiger partial charge on any atom is -0.384 e. The Balaban J connectivity index is 1.72. The molecule has 5 heteroatoms. The number of fused-ring (bicyclic) bond motifs is 3. The predicted octanol–water partition coefficient (Wildman–Crippen LogP) is 0.184. The normalized spacial score (nSPS) is 30.4. The molecule has 0 amide bonds. The van der Waals surface area contributed by atoms with Crippen molar-refractivity contribution in [3.05, 3.63) is 23.9 Å². The number of nitrogens with zero attached hydrogens (tertiary/aromatic N) is 3. The summed E-state index contributed by atoms with van der Waals surface area (Å²) in [5, 5.41) is 3.68. The largest absolute Gasteiger partial charge is 0.384 e. The lowest BCUT2D eigenvalue weighted by Crippen LogP contribution is -2.66. The molecule has 0 saturated carbocycles. The average Bonchev–Trinajstić information content (AvgIpc) is 2.48. The summed E-state index contributed by atoms with van der Waals surface area (Å²) in [5.41, 5.74) is 7.08. The maximum atomic E-state index is 5.80. The van der Waals surface area contributed by atoms with E-state index in [2.05, 4.69) is 33.1 Å². The monoisotopic (exact) mass is 275 g/mol. The van der Waals surface area contributed by atoms with Crippen LogP contribution in [0.2, 0.25) is 0 Å². The van der Waals surface area contributed by atoms with Crippen LogP contribution in [0.25, 0.3) is 0 Å². The van der Waals surface area contributed by atoms with Crippen molar-refractivity contribution >= 4 is 5.82 Å². The molecule has 110 valence electrons. The number of piperazine rings is 3. The fourth-order valence-electron chi connectivity index (χ4n) is 3.52. The molecule has 0 spiro atoms. The van der Waals surface area contributed by atoms with Crippen molar-refractivity contribution in [3.63, 3.8) is 0 Å². The quantitative estimate of drug-likeness (QED) is 0.803. The van der Waals surface area contributed by atoms with Gasteiger partial charge >= 0.3 is 0 Å². The number of hydrogen-bond acceptors (Lipinski definition) is 5. The van der Waals surface area contributed by atoms with E-state index in [9.17, 15) is 0 Å². The van der Waals surface area contributed by atoms with E-state index in [1.54, 1.807) is 0 Å². The molecule has 3 aliphatic rings. The highest BCUT2D eigenvalue weighted by Crippen LogP contribution is 2.20. The first kappa shape index (κ1) is 13.8. The number of rotatable bonds is 5. The Kier molecular flexibility index (Phi) is 4.19. The summed E-state index contributed by atoms with van der Waals surface area (Å²) < 4.78 is 0. The maximum Gasteiger partial charge on any atom is 0.123 e. The first-order valence-electron chi connectivity index (χ1n) is 7.66. The Bertz CT molecular complexity index is 442. The van der Waals surface area contributed by atoms with Gasteiger partial charge in [0.1, 0.15) is 5.82 Å². The van der Waals surface area contributed by atoms with Gasteiger partial charge in [-0.15, -0.1) is 0 Å². The van der Waals surface area contributed by atoms with E-state index in [0.29, 0.717) is 17.9 Å². The fourth-order valence-corrected chi connectivity index (χ4v) is 3.52. The van der Waals surface area contributed by atoms with E-state index >= 15 is 0 Å². The van der Waals surface area contributed by atoms with Crippen LogP contribution in [0.1, 0.15) is 12.5 Å². The summed E-state index contributed by atoms with van der Waals surface area (Å²) in [6.07, 6.45) is 2.83. The molecule has 2 atom stereocenters. The van der Waals surface area contributed by atoms with Crippen molar-refractivity contribution in [2.45, 2.75) is 25.4 Å². The molecule has 0 aliphatic carbocycles. The highest BCUT2D eigenvalue weighted by Gasteiger charge is 2.36. The van der Waals surface area contributed by atoms with E-state index in [0.717, 1.165) is 13.0 Å². The summed E-state index contributed by atoms with van der Waals surface area (Å²) >= 11 is 0. The van der Waals surface area contributed by atoms with Crippen molar-refractivity contribution in [1.82, 2.24) is 20.1 Å². The smallest absolute Gasteiger partial charge is 0.123 e. The summed E-state index contributed by atoms with van der Waals surface area (Å²) in [6.45, 7) is 9.28. The van der Waals surface area contributed by atoms with Crippen LogP contribution in [0, 0.1) is 0 Å². The average molecular weight is 275 g/mol. The molecule has 3 N–H and O–H groups in total. The van der Waals surface area contributed by atoms with Gasteiger partial charge in [0.15, 0.2) is 0 Å². The molecule has 2 unspecified atom stereocenters. The number of nitrogens with one attached hydrogen (secondary N) is 1. The Labute approximate surface area is 121 Å². The molecule has 1 aromatic rings. The maximum absolute atomic E-state index is 5.80. The molecule has 3 saturated heterocycles. The van der Waals surface area contributed by atoms with Crippen LogP contribution in [0.15, 0.2) is 18.3 Å². The van der Waals surface area contributed by atoms with Crippen LogP contribution in [0.5, 0.6) is 0 Å². The van der Waals surface area contributed by atoms with E-state index in [-0.39, 0.29) is 0 Å². The number of anilines is 1. The van der Waals surface area contributed by atoms with E-state index in [1.807, 2.05) is 12.3 Å². The molecule has 0 radical (unpaired) electrons. The summed E-state index contributed by atoms with van der Waals surface area (Å²) in [4.78, 5) is 9.33. The molecular weight excluding hydrogens is 250 g/mol. The van der Waals surface area contributed by atoms with Gasteiger partial charge in [-0.05, 0) is 30.7 Å². The zero-order chi connectivity index (χ0) is 13.9. The molecule has 4 rings (SSSR count). The van der Waals surface area contributed by atoms with Crippen molar-refractivity contribution < 1.29 is 0 Å². The topological polar surface area (TPSA) is 57.4 Å². The third-order valence-corrected chi connectivity index (χ3v) is 4.55. The van der Waals surface area contributed by atoms with Crippen LogP contribution < -0.4 is 11.1 Å². The molecular formula is C15H25N5. The van der Waals surface area contributed by atoms with E-state index in [1.165, 1.54) is 38.3 Å². The first-order valence-corrected chi connectivity index (χ1v) is 7.66. The second-order valence-corrected chi connectivity index (χ2v) is 5.86. The third-order valence-electron chi connectivity index (χ3n) is 4.55. The zero-order valence-electron chi connectivity index (χ0n) is 12.3. The number of nitrogen functional groups attached to an aromatic ring is 1. The molecule has 1 aromatic heterocycles. The van der Waals surface area contributed by atoms with Gasteiger partial charge in [0, 0.05) is 51.0 Å². The standard InChI is InChI=1S/C15H25N5/c1-2-17-13(9-12-3-4-18-15(16)10-12)14-11-19-5-7-20(14)8-6-19/h3-4,10,13-14,17H,2,5-9,11H2,1H3,(H2,16,18). The number of likely N-dealkylation sites (N-methyl/N-ethyl adjacent to an activating group) is 1. The molecule has 5 nitrogen and oxygen atoms in total. The molecule has 4 heterocycles. The van der Waals surface area contributed by atoms with E-state index in [4.69, 9.17) is 5.73 Å². The van der Waals surface area contributed by atoms with Gasteiger partial charge in [-0.25, -0.2) is 4.98 Å². The van der Waals surface area contributed by atoms with Gasteiger partial charge in [0.05, 0.1) is 0 Å². The number of pyridine rings is 1. The van der Waals surface area contributed by atoms with Gasteiger partial charge in [-0.2, -0.15) is 0 Å². The zero-order valence-corrected chi connectivity index (χ0v) is 12.3. The Morgan fingerprint density at radius 2 is 2.20 bits per heavy atom. The minimum absolute atomic E-state index is 0.491. The Morgan fingerprint density at radius 3 is 2.80 bits per heavy atom. The molecule has 20 heavy (non-hydrogen) atoms. The molecule has 0 aromatic carbocycles. The van der Waals surface area contributed by atoms with Crippen LogP contribution >= 0.6 is 0 Å². The van der Waals surface area contributed by atoms with Crippen LogP contribution in [0.4, 0.5) is 5.82 Å². The highest BCUT2D eigenvalue weighted by molar-refractivity contribution is 5.32. The lowest BCUT2D eigenvalue weighted by molar-refractivity contribution is -0.00288. The Hall–Kier alpha value is -1.17. The van der Waals surface area contributed by atoms with Gasteiger partial charge in [-0.1, -0.05) is 6.92 Å². The predicted molar refractivity (Wildman–Crippen MR) is 81.6 cm³/mol.